The van der Waals surface area contributed by atoms with Crippen molar-refractivity contribution in [3.05, 3.63) is 10.4 Å². The minimum Gasteiger partial charge on any atom is -0.481 e. The first kappa shape index (κ1) is 46.7. The van der Waals surface area contributed by atoms with E-state index < -0.39 is 18.0 Å². The second kappa shape index (κ2) is 35.5. The summed E-state index contributed by atoms with van der Waals surface area (Å²) in [6.07, 6.45) is 13.7. The summed E-state index contributed by atoms with van der Waals surface area (Å²) >= 11 is 0. The zero-order chi connectivity index (χ0) is 36.9. The number of amides is 2. The molecule has 1 atom stereocenters. The van der Waals surface area contributed by atoms with Gasteiger partial charge in [0.05, 0.1) is 39.6 Å². The van der Waals surface area contributed by atoms with Crippen molar-refractivity contribution in [2.24, 2.45) is 5.11 Å². The molecule has 0 bridgehead atoms. The monoisotopic (exact) mass is 715 g/mol. The van der Waals surface area contributed by atoms with Gasteiger partial charge in [-0.15, -0.1) is 0 Å². The van der Waals surface area contributed by atoms with Gasteiger partial charge in [-0.25, -0.2) is 4.79 Å². The zero-order valence-corrected chi connectivity index (χ0v) is 29.8. The van der Waals surface area contributed by atoms with Crippen molar-refractivity contribution >= 4 is 29.5 Å². The smallest absolute Gasteiger partial charge is 0.326 e. The van der Waals surface area contributed by atoms with Crippen LogP contribution in [0.3, 0.4) is 0 Å². The minimum atomic E-state index is -1.18. The highest BCUT2D eigenvalue weighted by Crippen LogP contribution is 2.13. The normalized spacial score (nSPS) is 11.4. The van der Waals surface area contributed by atoms with E-state index in [9.17, 15) is 29.1 Å². The van der Waals surface area contributed by atoms with E-state index in [2.05, 4.69) is 20.7 Å². The predicted octanol–water partition coefficient (Wildman–Crippen LogP) is 4.72. The first-order valence-electron chi connectivity index (χ1n) is 18.1. The Morgan fingerprint density at radius 1 is 0.600 bits per heavy atom. The maximum atomic E-state index is 12.2. The van der Waals surface area contributed by atoms with Gasteiger partial charge < -0.3 is 39.8 Å². The number of carbonyl (C=O) groups is 5. The lowest BCUT2D eigenvalue weighted by molar-refractivity contribution is -0.142. The molecule has 0 aromatic carbocycles. The third kappa shape index (κ3) is 34.6. The summed E-state index contributed by atoms with van der Waals surface area (Å²) in [6.45, 7) is 2.74. The molecule has 0 aliphatic carbocycles. The van der Waals surface area contributed by atoms with Crippen molar-refractivity contribution in [1.29, 1.82) is 0 Å². The molecule has 0 radical (unpaired) electrons. The molecule has 2 amide bonds. The van der Waals surface area contributed by atoms with Crippen LogP contribution in [0.5, 0.6) is 0 Å². The number of carboxylic acids is 2. The number of carboxylic acid groups (broad SMARTS) is 2. The van der Waals surface area contributed by atoms with Crippen LogP contribution in [0.15, 0.2) is 5.11 Å². The molecule has 0 rings (SSSR count). The van der Waals surface area contributed by atoms with E-state index in [1.54, 1.807) is 0 Å². The van der Waals surface area contributed by atoms with Crippen molar-refractivity contribution in [2.45, 2.75) is 122 Å². The summed E-state index contributed by atoms with van der Waals surface area (Å²) in [4.78, 5) is 60.9. The number of nitrogens with one attached hydrogen (secondary N) is 2. The summed E-state index contributed by atoms with van der Waals surface area (Å²) < 4.78 is 21.2. The number of unbranched alkanes of at least 4 members (excludes halogenated alkanes) is 11. The number of ether oxygens (including phenoxy) is 4. The van der Waals surface area contributed by atoms with Gasteiger partial charge in [-0.2, -0.15) is 0 Å². The highest BCUT2D eigenvalue weighted by atomic mass is 16.5. The van der Waals surface area contributed by atoms with Crippen LogP contribution in [-0.2, 0) is 42.9 Å². The van der Waals surface area contributed by atoms with E-state index >= 15 is 0 Å². The quantitative estimate of drug-likeness (QED) is 0.0295. The fourth-order valence-electron chi connectivity index (χ4n) is 4.80. The third-order valence-electron chi connectivity index (χ3n) is 7.56. The average molecular weight is 716 g/mol. The number of aliphatic carboxylic acids is 2. The van der Waals surface area contributed by atoms with E-state index in [1.807, 2.05) is 0 Å². The first-order chi connectivity index (χ1) is 24.3. The average Bonchev–Trinajstić information content (AvgIpc) is 3.08. The van der Waals surface area contributed by atoms with Gasteiger partial charge in [-0.1, -0.05) is 69.3 Å². The minimum absolute atomic E-state index is 0.0152. The van der Waals surface area contributed by atoms with Gasteiger partial charge in [0.2, 0.25) is 11.8 Å². The van der Waals surface area contributed by atoms with Gasteiger partial charge in [0.25, 0.3) is 0 Å². The van der Waals surface area contributed by atoms with E-state index in [0.717, 1.165) is 51.4 Å². The van der Waals surface area contributed by atoms with Crippen molar-refractivity contribution < 1.29 is 53.1 Å². The Kier molecular flexibility index (Phi) is 33.2. The molecule has 0 aliphatic heterocycles. The molecular weight excluding hydrogens is 654 g/mol. The third-order valence-corrected chi connectivity index (χ3v) is 7.56. The fraction of sp³-hybridized carbons (Fsp3) is 0.853. The molecule has 50 heavy (non-hydrogen) atoms. The SMILES string of the molecule is [N-]=[N+]=NCCOCCOCCCC(=O)COCCOCCNC(=O)CCC(NC(=O)CCCCCCCCCCCCCCC(=O)O)C(=O)O. The molecule has 16 heteroatoms. The Labute approximate surface area is 296 Å². The van der Waals surface area contributed by atoms with Gasteiger partial charge in [0, 0.05) is 50.3 Å². The molecule has 0 aromatic heterocycles. The lowest BCUT2D eigenvalue weighted by Gasteiger charge is -2.14. The van der Waals surface area contributed by atoms with Crippen molar-refractivity contribution in [3.8, 4) is 0 Å². The molecular formula is C34H61N5O11. The number of azide groups is 1. The molecule has 0 saturated carbocycles. The summed E-state index contributed by atoms with van der Waals surface area (Å²) in [5.41, 5.74) is 8.15. The maximum absolute atomic E-state index is 12.2. The van der Waals surface area contributed by atoms with Crippen LogP contribution in [0.1, 0.15) is 116 Å². The predicted molar refractivity (Wildman–Crippen MR) is 186 cm³/mol. The van der Waals surface area contributed by atoms with Crippen LogP contribution in [0, 0.1) is 0 Å². The first-order valence-corrected chi connectivity index (χ1v) is 18.1. The van der Waals surface area contributed by atoms with Crippen LogP contribution >= 0.6 is 0 Å². The van der Waals surface area contributed by atoms with Gasteiger partial charge in [-0.3, -0.25) is 19.2 Å². The molecule has 0 aromatic rings. The number of hydrogen-bond donors (Lipinski definition) is 4. The van der Waals surface area contributed by atoms with E-state index in [1.165, 1.54) is 19.3 Å². The Balaban J connectivity index is 3.67. The van der Waals surface area contributed by atoms with Crippen LogP contribution in [0.2, 0.25) is 0 Å². The Bertz CT molecular complexity index is 964. The lowest BCUT2D eigenvalue weighted by Crippen LogP contribution is -2.41. The maximum Gasteiger partial charge on any atom is 0.326 e. The molecule has 16 nitrogen and oxygen atoms in total. The van der Waals surface area contributed by atoms with Crippen LogP contribution < -0.4 is 10.6 Å². The Hall–Kier alpha value is -3.30. The molecule has 288 valence electrons. The van der Waals surface area contributed by atoms with Gasteiger partial charge in [0.15, 0.2) is 5.78 Å². The van der Waals surface area contributed by atoms with Crippen molar-refractivity contribution in [2.75, 3.05) is 65.9 Å². The highest BCUT2D eigenvalue weighted by molar-refractivity contribution is 5.84. The molecule has 0 aliphatic rings. The van der Waals surface area contributed by atoms with Crippen LogP contribution in [0.4, 0.5) is 0 Å². The summed E-state index contributed by atoms with van der Waals surface area (Å²) in [5, 5.41) is 26.6. The van der Waals surface area contributed by atoms with Gasteiger partial charge in [0.1, 0.15) is 12.6 Å². The Morgan fingerprint density at radius 2 is 1.14 bits per heavy atom. The summed E-state index contributed by atoms with van der Waals surface area (Å²) in [7, 11) is 0. The second-order valence-corrected chi connectivity index (χ2v) is 12.0. The number of hydrogen-bond acceptors (Lipinski definition) is 10. The van der Waals surface area contributed by atoms with E-state index in [0.29, 0.717) is 45.7 Å². The standard InChI is InChI=1S/C34H61N5O11/c35-39-37-20-23-49-25-24-47-21-13-14-29(40)28-50-27-26-48-22-19-36-31(41)18-17-30(34(45)46)38-32(42)15-11-9-7-5-3-1-2-4-6-8-10-12-16-33(43)44/h30H,1-28H2,(H,36,41)(H,38,42)(H,43,44)(H,45,46). The van der Waals surface area contributed by atoms with Crippen LogP contribution in [0.25, 0.3) is 10.4 Å². The second-order valence-electron chi connectivity index (χ2n) is 12.0. The highest BCUT2D eigenvalue weighted by Gasteiger charge is 2.20. The van der Waals surface area contributed by atoms with Gasteiger partial charge >= 0.3 is 11.9 Å². The number of rotatable bonds is 38. The largest absolute Gasteiger partial charge is 0.481 e. The number of ketones is 1. The summed E-state index contributed by atoms with van der Waals surface area (Å²) in [6, 6.07) is -1.13. The lowest BCUT2D eigenvalue weighted by atomic mass is 10.0. The molecule has 0 fully saturated rings. The van der Waals surface area contributed by atoms with Gasteiger partial charge in [-0.05, 0) is 31.2 Å². The summed E-state index contributed by atoms with van der Waals surface area (Å²) in [5.74, 6) is -2.61. The molecule has 0 heterocycles. The van der Waals surface area contributed by atoms with E-state index in [4.69, 9.17) is 29.6 Å². The van der Waals surface area contributed by atoms with E-state index in [-0.39, 0.29) is 82.8 Å². The molecule has 0 saturated heterocycles. The number of nitrogens with zero attached hydrogens (tertiary/aromatic N) is 3. The van der Waals surface area contributed by atoms with Crippen LogP contribution in [-0.4, -0.2) is 112 Å². The Morgan fingerprint density at radius 3 is 1.72 bits per heavy atom. The molecule has 1 unspecified atom stereocenters. The van der Waals surface area contributed by atoms with Crippen molar-refractivity contribution in [3.63, 3.8) is 0 Å². The molecule has 4 N–H and O–H groups in total. The topological polar surface area (TPSA) is 236 Å². The van der Waals surface area contributed by atoms with Crippen molar-refractivity contribution in [1.82, 2.24) is 10.6 Å². The molecule has 0 spiro atoms. The fourth-order valence-corrected chi connectivity index (χ4v) is 4.80. The zero-order valence-electron chi connectivity index (χ0n) is 29.8. The number of Topliss-reactive ketones (excluding diaryl/α,β-unsaturated/α-hetero) is 1. The number of carbonyl (C=O) groups excluding carboxylic acids is 3.